The Morgan fingerprint density at radius 1 is 1.38 bits per heavy atom. The van der Waals surface area contributed by atoms with E-state index in [4.69, 9.17) is 12.6 Å². The van der Waals surface area contributed by atoms with E-state index >= 15 is 0 Å². The average molecular weight is 172 g/mol. The minimum atomic E-state index is 0.780. The van der Waals surface area contributed by atoms with Crippen molar-refractivity contribution in [2.45, 2.75) is 13.8 Å². The Hall–Kier alpha value is -1.18. The Morgan fingerprint density at radius 2 is 2.08 bits per heavy atom. The molecule has 0 N–H and O–H groups in total. The van der Waals surface area contributed by atoms with Crippen molar-refractivity contribution in [3.05, 3.63) is 29.3 Å². The maximum Gasteiger partial charge on any atom is 0.119 e. The molecule has 0 aliphatic heterocycles. The number of hydrogen-bond acceptors (Lipinski definition) is 1. The maximum absolute atomic E-state index is 5.79. The van der Waals surface area contributed by atoms with Gasteiger partial charge in [0, 0.05) is 0 Å². The minimum Gasteiger partial charge on any atom is -0.497 e. The van der Waals surface area contributed by atoms with E-state index in [0.29, 0.717) is 0 Å². The number of methoxy groups -OCH3 is 1. The summed E-state index contributed by atoms with van der Waals surface area (Å²) < 4.78 is 5.11. The third-order valence-electron chi connectivity index (χ3n) is 1.74. The molecule has 1 rings (SSSR count). The first-order valence-corrected chi connectivity index (χ1v) is 4.22. The Labute approximate surface area is 80.8 Å². The number of allylic oxidation sites excluding steroid dienone is 1. The van der Waals surface area contributed by atoms with Crippen molar-refractivity contribution in [3.8, 4) is 5.75 Å². The molecular weight excluding hydrogens is 159 g/mol. The highest BCUT2D eigenvalue weighted by atomic mass is 16.5. The van der Waals surface area contributed by atoms with E-state index in [1.54, 1.807) is 7.11 Å². The van der Waals surface area contributed by atoms with Crippen molar-refractivity contribution >= 4 is 19.4 Å². The van der Waals surface area contributed by atoms with Crippen LogP contribution in [0.25, 0.3) is 6.08 Å². The van der Waals surface area contributed by atoms with Crippen molar-refractivity contribution in [1.82, 2.24) is 0 Å². The van der Waals surface area contributed by atoms with E-state index in [0.717, 1.165) is 16.8 Å². The molecule has 0 aliphatic carbocycles. The predicted octanol–water partition coefficient (Wildman–Crippen LogP) is 1.91. The van der Waals surface area contributed by atoms with Crippen LogP contribution in [0.15, 0.2) is 23.8 Å². The van der Waals surface area contributed by atoms with Gasteiger partial charge in [-0.2, -0.15) is 0 Å². The summed E-state index contributed by atoms with van der Waals surface area (Å²) in [5.74, 6) is 0.835. The van der Waals surface area contributed by atoms with Crippen LogP contribution >= 0.6 is 0 Å². The van der Waals surface area contributed by atoms with Crippen LogP contribution in [-0.4, -0.2) is 15.0 Å². The zero-order chi connectivity index (χ0) is 9.84. The number of hydrogen-bond donors (Lipinski definition) is 0. The summed E-state index contributed by atoms with van der Waals surface area (Å²) in [5.41, 5.74) is 3.02. The van der Waals surface area contributed by atoms with Gasteiger partial charge in [0.2, 0.25) is 0 Å². The molecule has 0 fully saturated rings. The van der Waals surface area contributed by atoms with Crippen LogP contribution in [-0.2, 0) is 0 Å². The van der Waals surface area contributed by atoms with Crippen LogP contribution in [0.4, 0.5) is 0 Å². The molecule has 1 aromatic rings. The van der Waals surface area contributed by atoms with Crippen LogP contribution in [0.3, 0.4) is 0 Å². The quantitative estimate of drug-likeness (QED) is 0.619. The zero-order valence-electron chi connectivity index (χ0n) is 8.29. The molecule has 13 heavy (non-hydrogen) atoms. The summed E-state index contributed by atoms with van der Waals surface area (Å²) in [5, 5.41) is 0. The van der Waals surface area contributed by atoms with E-state index in [1.165, 1.54) is 5.57 Å². The van der Waals surface area contributed by atoms with Crippen molar-refractivity contribution in [1.29, 1.82) is 0 Å². The molecule has 66 valence electrons. The van der Waals surface area contributed by atoms with Gasteiger partial charge in [-0.05, 0) is 31.5 Å². The lowest BCUT2D eigenvalue weighted by molar-refractivity contribution is 0.415. The standard InChI is InChI=1S/C11H13BO/c1-8(2)6-9-7-10(13-3)4-5-11(9)12/h4-7H,1-3H3. The monoisotopic (exact) mass is 172 g/mol. The zero-order valence-corrected chi connectivity index (χ0v) is 8.29. The molecule has 0 saturated heterocycles. The Morgan fingerprint density at radius 3 is 2.62 bits per heavy atom. The summed E-state index contributed by atoms with van der Waals surface area (Å²) >= 11 is 0. The molecule has 0 amide bonds. The first-order valence-electron chi connectivity index (χ1n) is 4.22. The van der Waals surface area contributed by atoms with Crippen LogP contribution in [0, 0.1) is 0 Å². The molecule has 0 bridgehead atoms. The molecular formula is C11H13BO. The lowest BCUT2D eigenvalue weighted by Crippen LogP contribution is -2.06. The normalized spacial score (nSPS) is 9.46. The van der Waals surface area contributed by atoms with E-state index < -0.39 is 0 Å². The SMILES string of the molecule is [B]c1ccc(OC)cc1C=C(C)C. The minimum absolute atomic E-state index is 0.780. The molecule has 0 unspecified atom stereocenters. The lowest BCUT2D eigenvalue weighted by atomic mass is 9.89. The Bertz CT molecular complexity index is 325. The molecule has 2 heteroatoms. The molecule has 1 aromatic carbocycles. The predicted molar refractivity (Wildman–Crippen MR) is 57.7 cm³/mol. The highest BCUT2D eigenvalue weighted by Crippen LogP contribution is 2.12. The van der Waals surface area contributed by atoms with Crippen molar-refractivity contribution in [2.75, 3.05) is 7.11 Å². The average Bonchev–Trinajstić information content (AvgIpc) is 2.08. The smallest absolute Gasteiger partial charge is 0.119 e. The second-order valence-corrected chi connectivity index (χ2v) is 3.22. The Balaban J connectivity index is 3.11. The summed E-state index contributed by atoms with van der Waals surface area (Å²) in [6.07, 6.45) is 2.04. The van der Waals surface area contributed by atoms with Crippen molar-refractivity contribution in [3.63, 3.8) is 0 Å². The number of benzene rings is 1. The fourth-order valence-corrected chi connectivity index (χ4v) is 1.12. The highest BCUT2D eigenvalue weighted by molar-refractivity contribution is 6.34. The molecule has 2 radical (unpaired) electrons. The summed E-state index contributed by atoms with van der Waals surface area (Å²) in [7, 11) is 7.44. The van der Waals surface area contributed by atoms with Crippen molar-refractivity contribution in [2.24, 2.45) is 0 Å². The Kier molecular flexibility index (Phi) is 3.18. The topological polar surface area (TPSA) is 9.23 Å². The number of ether oxygens (including phenoxy) is 1. The molecule has 0 spiro atoms. The van der Waals surface area contributed by atoms with Gasteiger partial charge in [0.05, 0.1) is 7.11 Å². The van der Waals surface area contributed by atoms with Gasteiger partial charge in [-0.3, -0.25) is 0 Å². The van der Waals surface area contributed by atoms with Gasteiger partial charge in [-0.15, -0.1) is 0 Å². The van der Waals surface area contributed by atoms with Gasteiger partial charge in [0.15, 0.2) is 0 Å². The fraction of sp³-hybridized carbons (Fsp3) is 0.273. The first-order chi connectivity index (χ1) is 6.13. The van der Waals surface area contributed by atoms with E-state index in [1.807, 2.05) is 38.1 Å². The van der Waals surface area contributed by atoms with E-state index in [9.17, 15) is 0 Å². The molecule has 0 aliphatic rings. The van der Waals surface area contributed by atoms with Crippen LogP contribution in [0.5, 0.6) is 5.75 Å². The summed E-state index contributed by atoms with van der Waals surface area (Å²) in [4.78, 5) is 0. The van der Waals surface area contributed by atoms with Crippen LogP contribution in [0.1, 0.15) is 19.4 Å². The molecule has 0 saturated carbocycles. The largest absolute Gasteiger partial charge is 0.497 e. The van der Waals surface area contributed by atoms with Crippen LogP contribution in [0.2, 0.25) is 0 Å². The summed E-state index contributed by atoms with van der Waals surface area (Å²) in [6, 6.07) is 5.65. The third kappa shape index (κ3) is 2.65. The second-order valence-electron chi connectivity index (χ2n) is 3.22. The summed E-state index contributed by atoms with van der Waals surface area (Å²) in [6.45, 7) is 4.08. The molecule has 0 aromatic heterocycles. The molecule has 1 nitrogen and oxygen atoms in total. The van der Waals surface area contributed by atoms with Gasteiger partial charge in [-0.1, -0.05) is 23.2 Å². The van der Waals surface area contributed by atoms with Gasteiger partial charge in [0.1, 0.15) is 13.6 Å². The molecule has 0 heterocycles. The van der Waals surface area contributed by atoms with Crippen LogP contribution < -0.4 is 10.2 Å². The number of rotatable bonds is 2. The first kappa shape index (κ1) is 9.91. The third-order valence-corrected chi connectivity index (χ3v) is 1.74. The van der Waals surface area contributed by atoms with Gasteiger partial charge >= 0.3 is 0 Å². The lowest BCUT2D eigenvalue weighted by Gasteiger charge is -2.05. The maximum atomic E-state index is 5.79. The fourth-order valence-electron chi connectivity index (χ4n) is 1.12. The highest BCUT2D eigenvalue weighted by Gasteiger charge is 1.96. The van der Waals surface area contributed by atoms with Gasteiger partial charge < -0.3 is 4.74 Å². The van der Waals surface area contributed by atoms with Gasteiger partial charge in [0.25, 0.3) is 0 Å². The molecule has 0 atom stereocenters. The second kappa shape index (κ2) is 4.17. The van der Waals surface area contributed by atoms with E-state index in [-0.39, 0.29) is 0 Å². The van der Waals surface area contributed by atoms with E-state index in [2.05, 4.69) is 0 Å². The van der Waals surface area contributed by atoms with Gasteiger partial charge in [-0.25, -0.2) is 0 Å². The van der Waals surface area contributed by atoms with Crippen molar-refractivity contribution < 1.29 is 4.74 Å².